The first-order valence-electron chi connectivity index (χ1n) is 11.9. The lowest BCUT2D eigenvalue weighted by Crippen LogP contribution is -2.52. The van der Waals surface area contributed by atoms with Crippen LogP contribution in [0.15, 0.2) is 16.0 Å². The zero-order valence-electron chi connectivity index (χ0n) is 18.9. The van der Waals surface area contributed by atoms with Crippen LogP contribution in [0.25, 0.3) is 0 Å². The van der Waals surface area contributed by atoms with Crippen molar-refractivity contribution in [3.05, 3.63) is 22.1 Å². The van der Waals surface area contributed by atoms with E-state index >= 15 is 0 Å². The summed E-state index contributed by atoms with van der Waals surface area (Å²) in [4.78, 5) is 33.7. The highest BCUT2D eigenvalue weighted by Crippen LogP contribution is 2.34. The summed E-state index contributed by atoms with van der Waals surface area (Å²) in [5.74, 6) is 0.902. The van der Waals surface area contributed by atoms with Crippen molar-refractivity contribution in [2.45, 2.75) is 114 Å². The molecule has 0 N–H and O–H groups in total. The number of carbonyl (C=O) groups is 1. The van der Waals surface area contributed by atoms with E-state index in [1.165, 1.54) is 38.5 Å². The lowest BCUT2D eigenvalue weighted by molar-refractivity contribution is -0.142. The lowest BCUT2D eigenvalue weighted by Gasteiger charge is -2.43. The maximum Gasteiger partial charge on any atom is 0.254 e. The summed E-state index contributed by atoms with van der Waals surface area (Å²) in [5.41, 5.74) is 0.666. The van der Waals surface area contributed by atoms with E-state index in [9.17, 15) is 9.59 Å². The van der Waals surface area contributed by atoms with Crippen molar-refractivity contribution >= 4 is 17.7 Å². The number of aromatic nitrogens is 2. The summed E-state index contributed by atoms with van der Waals surface area (Å²) < 4.78 is 1.74. The van der Waals surface area contributed by atoms with Crippen LogP contribution in [-0.4, -0.2) is 38.2 Å². The molecule has 0 spiro atoms. The monoisotopic (exact) mass is 431 g/mol. The highest BCUT2D eigenvalue weighted by atomic mass is 32.2. The molecule has 166 valence electrons. The zero-order valence-corrected chi connectivity index (χ0v) is 19.7. The van der Waals surface area contributed by atoms with Gasteiger partial charge < -0.3 is 4.90 Å². The average Bonchev–Trinajstić information content (AvgIpc) is 2.74. The SMILES string of the molecule is CC(C)(C)c1cc(=O)n2c(n1)SCC(C(=O)N(C1CCCCC1)C1CCCCC1)C2. The molecule has 1 aromatic heterocycles. The van der Waals surface area contributed by atoms with Crippen molar-refractivity contribution in [1.82, 2.24) is 14.5 Å². The van der Waals surface area contributed by atoms with Crippen molar-refractivity contribution in [2.75, 3.05) is 5.75 Å². The Hall–Kier alpha value is -1.30. The molecule has 1 aromatic rings. The molecule has 2 fully saturated rings. The highest BCUT2D eigenvalue weighted by molar-refractivity contribution is 7.99. The first-order valence-corrected chi connectivity index (χ1v) is 12.9. The Kier molecular flexibility index (Phi) is 6.61. The van der Waals surface area contributed by atoms with Crippen molar-refractivity contribution < 1.29 is 4.79 Å². The van der Waals surface area contributed by atoms with Gasteiger partial charge in [0, 0.05) is 35.9 Å². The summed E-state index contributed by atoms with van der Waals surface area (Å²) >= 11 is 1.58. The van der Waals surface area contributed by atoms with Gasteiger partial charge in [-0.15, -0.1) is 0 Å². The fourth-order valence-electron chi connectivity index (χ4n) is 5.33. The van der Waals surface area contributed by atoms with Gasteiger partial charge >= 0.3 is 0 Å². The standard InChI is InChI=1S/C24H37N3O2S/c1-24(2,3)20-14-21(28)26-15-17(16-30-23(26)25-20)22(29)27(18-10-6-4-7-11-18)19-12-8-5-9-13-19/h14,17-19H,4-13,15-16H2,1-3H3. The largest absolute Gasteiger partial charge is 0.336 e. The van der Waals surface area contributed by atoms with E-state index in [4.69, 9.17) is 4.98 Å². The van der Waals surface area contributed by atoms with E-state index in [1.54, 1.807) is 22.4 Å². The number of thioether (sulfide) groups is 1. The quantitative estimate of drug-likeness (QED) is 0.648. The minimum atomic E-state index is -0.152. The third-order valence-corrected chi connectivity index (χ3v) is 8.24. The Bertz CT molecular complexity index is 799. The second-order valence-corrected chi connectivity index (χ2v) is 11.4. The molecule has 30 heavy (non-hydrogen) atoms. The Morgan fingerprint density at radius 1 is 1.03 bits per heavy atom. The molecule has 1 atom stereocenters. The van der Waals surface area contributed by atoms with Crippen LogP contribution in [-0.2, 0) is 16.8 Å². The van der Waals surface area contributed by atoms with E-state index in [-0.39, 0.29) is 16.9 Å². The maximum atomic E-state index is 13.8. The first kappa shape index (κ1) is 21.9. The topological polar surface area (TPSA) is 55.2 Å². The average molecular weight is 432 g/mol. The van der Waals surface area contributed by atoms with Crippen molar-refractivity contribution in [3.8, 4) is 0 Å². The molecule has 0 radical (unpaired) electrons. The van der Waals surface area contributed by atoms with Crippen molar-refractivity contribution in [2.24, 2.45) is 5.92 Å². The minimum absolute atomic E-state index is 0.0168. The van der Waals surface area contributed by atoms with E-state index < -0.39 is 0 Å². The predicted molar refractivity (Wildman–Crippen MR) is 122 cm³/mol. The Labute approximate surface area is 185 Å². The number of amides is 1. The third-order valence-electron chi connectivity index (χ3n) is 7.10. The molecule has 3 aliphatic rings. The number of fused-ring (bicyclic) bond motifs is 1. The molecule has 1 aliphatic heterocycles. The van der Waals surface area contributed by atoms with Crippen LogP contribution in [0, 0.1) is 5.92 Å². The molecule has 4 rings (SSSR count). The molecule has 2 saturated carbocycles. The second-order valence-electron chi connectivity index (χ2n) is 10.5. The smallest absolute Gasteiger partial charge is 0.254 e. The Morgan fingerprint density at radius 3 is 2.13 bits per heavy atom. The molecular weight excluding hydrogens is 394 g/mol. The molecule has 2 aliphatic carbocycles. The van der Waals surface area contributed by atoms with Crippen LogP contribution in [0.3, 0.4) is 0 Å². The number of nitrogens with zero attached hydrogens (tertiary/aromatic N) is 3. The molecular formula is C24H37N3O2S. The summed E-state index contributed by atoms with van der Waals surface area (Å²) in [6.07, 6.45) is 12.1. The summed E-state index contributed by atoms with van der Waals surface area (Å²) in [6.45, 7) is 6.72. The summed E-state index contributed by atoms with van der Waals surface area (Å²) in [7, 11) is 0. The second kappa shape index (κ2) is 9.05. The van der Waals surface area contributed by atoms with E-state index in [0.29, 0.717) is 24.5 Å². The highest BCUT2D eigenvalue weighted by Gasteiger charge is 2.38. The van der Waals surface area contributed by atoms with Crippen LogP contribution in [0.2, 0.25) is 0 Å². The van der Waals surface area contributed by atoms with Crippen LogP contribution in [0.4, 0.5) is 0 Å². The molecule has 1 amide bonds. The van der Waals surface area contributed by atoms with Gasteiger partial charge in [0.15, 0.2) is 5.16 Å². The molecule has 0 aromatic carbocycles. The van der Waals surface area contributed by atoms with Gasteiger partial charge in [0.05, 0.1) is 11.6 Å². The first-order chi connectivity index (χ1) is 14.3. The third kappa shape index (κ3) is 4.63. The van der Waals surface area contributed by atoms with Crippen LogP contribution < -0.4 is 5.56 Å². The minimum Gasteiger partial charge on any atom is -0.336 e. The van der Waals surface area contributed by atoms with E-state index in [2.05, 4.69) is 25.7 Å². The summed E-state index contributed by atoms with van der Waals surface area (Å²) in [6, 6.07) is 2.47. The summed E-state index contributed by atoms with van der Waals surface area (Å²) in [5, 5.41) is 0.776. The van der Waals surface area contributed by atoms with E-state index in [1.807, 2.05) is 0 Å². The molecule has 2 heterocycles. The van der Waals surface area contributed by atoms with Gasteiger partial charge in [-0.05, 0) is 25.7 Å². The van der Waals surface area contributed by atoms with Crippen LogP contribution in [0.1, 0.15) is 90.7 Å². The fraction of sp³-hybridized carbons (Fsp3) is 0.792. The van der Waals surface area contributed by atoms with E-state index in [0.717, 1.165) is 42.3 Å². The van der Waals surface area contributed by atoms with Gasteiger partial charge in [-0.2, -0.15) is 0 Å². The molecule has 0 saturated heterocycles. The molecule has 6 heteroatoms. The number of rotatable bonds is 3. The zero-order chi connectivity index (χ0) is 21.3. The van der Waals surface area contributed by atoms with Gasteiger partial charge in [0.1, 0.15) is 0 Å². The molecule has 5 nitrogen and oxygen atoms in total. The van der Waals surface area contributed by atoms with Crippen molar-refractivity contribution in [1.29, 1.82) is 0 Å². The van der Waals surface area contributed by atoms with Gasteiger partial charge in [0.2, 0.25) is 5.91 Å². The van der Waals surface area contributed by atoms with Gasteiger partial charge in [-0.3, -0.25) is 14.2 Å². The van der Waals surface area contributed by atoms with Gasteiger partial charge in [-0.25, -0.2) is 4.98 Å². The Morgan fingerprint density at radius 2 is 1.60 bits per heavy atom. The number of carbonyl (C=O) groups excluding carboxylic acids is 1. The van der Waals surface area contributed by atoms with Crippen molar-refractivity contribution in [3.63, 3.8) is 0 Å². The molecule has 1 unspecified atom stereocenters. The predicted octanol–water partition coefficient (Wildman–Crippen LogP) is 4.76. The Balaban J connectivity index is 1.56. The van der Waals surface area contributed by atoms with Crippen LogP contribution >= 0.6 is 11.8 Å². The fourth-order valence-corrected chi connectivity index (χ4v) is 6.41. The van der Waals surface area contributed by atoms with Crippen LogP contribution in [0.5, 0.6) is 0 Å². The maximum absolute atomic E-state index is 13.8. The normalized spacial score (nSPS) is 23.8. The number of hydrogen-bond acceptors (Lipinski definition) is 4. The lowest BCUT2D eigenvalue weighted by atomic mass is 9.87. The molecule has 0 bridgehead atoms. The van der Waals surface area contributed by atoms with Gasteiger partial charge in [0.25, 0.3) is 5.56 Å². The van der Waals surface area contributed by atoms with Gasteiger partial charge in [-0.1, -0.05) is 71.1 Å². The number of hydrogen-bond donors (Lipinski definition) is 0.